The van der Waals surface area contributed by atoms with E-state index >= 15 is 0 Å². The fourth-order valence-corrected chi connectivity index (χ4v) is 3.75. The molecule has 1 unspecified atom stereocenters. The van der Waals surface area contributed by atoms with Crippen LogP contribution in [0.3, 0.4) is 0 Å². The summed E-state index contributed by atoms with van der Waals surface area (Å²) in [6.07, 6.45) is 0.740. The van der Waals surface area contributed by atoms with Crippen LogP contribution >= 0.6 is 0 Å². The Kier molecular flexibility index (Phi) is 5.92. The Labute approximate surface area is 171 Å². The minimum Gasteiger partial charge on any atom is -0.489 e. The molecule has 0 aromatic heterocycles. The predicted molar refractivity (Wildman–Crippen MR) is 113 cm³/mol. The van der Waals surface area contributed by atoms with Gasteiger partial charge in [0.05, 0.1) is 12.5 Å². The molecule has 4 rings (SSSR count). The van der Waals surface area contributed by atoms with Crippen molar-refractivity contribution >= 4 is 5.91 Å². The van der Waals surface area contributed by atoms with E-state index in [0.717, 1.165) is 28.9 Å². The Morgan fingerprint density at radius 2 is 1.66 bits per heavy atom. The van der Waals surface area contributed by atoms with E-state index in [1.807, 2.05) is 78.9 Å². The molecule has 0 saturated carbocycles. The zero-order chi connectivity index (χ0) is 20.1. The highest BCUT2D eigenvalue weighted by atomic mass is 16.5. The van der Waals surface area contributed by atoms with Gasteiger partial charge in [-0.25, -0.2) is 0 Å². The molecule has 3 aromatic carbocycles. The number of ether oxygens (including phenoxy) is 1. The smallest absolute Gasteiger partial charge is 0.230 e. The second-order valence-corrected chi connectivity index (χ2v) is 7.36. The normalized spacial score (nSPS) is 14.6. The summed E-state index contributed by atoms with van der Waals surface area (Å²) >= 11 is 0. The zero-order valence-corrected chi connectivity index (χ0v) is 16.3. The molecule has 3 aromatic rings. The topological polar surface area (TPSA) is 49.8 Å². The summed E-state index contributed by atoms with van der Waals surface area (Å²) in [5.74, 6) is 0.679. The molecule has 1 amide bonds. The summed E-state index contributed by atoms with van der Waals surface area (Å²) in [6.45, 7) is 1.31. The van der Waals surface area contributed by atoms with Crippen molar-refractivity contribution in [2.24, 2.45) is 0 Å². The predicted octanol–water partition coefficient (Wildman–Crippen LogP) is 3.93. The van der Waals surface area contributed by atoms with Gasteiger partial charge in [-0.3, -0.25) is 4.79 Å². The molecule has 1 aliphatic rings. The van der Waals surface area contributed by atoms with Crippen LogP contribution in [0.2, 0.25) is 0 Å². The van der Waals surface area contributed by atoms with E-state index in [9.17, 15) is 9.90 Å². The van der Waals surface area contributed by atoms with Crippen LogP contribution in [0.1, 0.15) is 28.2 Å². The SMILES string of the molecule is O=C(C1Cc2ccc(OCc3ccccc3)cc21)N(CCO)Cc1ccccc1. The van der Waals surface area contributed by atoms with Crippen molar-refractivity contribution in [3.05, 3.63) is 101 Å². The number of benzene rings is 3. The number of carbonyl (C=O) groups is 1. The van der Waals surface area contributed by atoms with Crippen molar-refractivity contribution in [2.75, 3.05) is 13.2 Å². The number of hydrogen-bond donors (Lipinski definition) is 1. The second kappa shape index (κ2) is 8.93. The lowest BCUT2D eigenvalue weighted by Gasteiger charge is -2.34. The summed E-state index contributed by atoms with van der Waals surface area (Å²) in [4.78, 5) is 14.9. The van der Waals surface area contributed by atoms with E-state index in [0.29, 0.717) is 19.7 Å². The second-order valence-electron chi connectivity index (χ2n) is 7.36. The van der Waals surface area contributed by atoms with E-state index in [1.54, 1.807) is 4.90 Å². The van der Waals surface area contributed by atoms with Crippen LogP contribution in [-0.2, 0) is 24.4 Å². The Morgan fingerprint density at radius 3 is 2.34 bits per heavy atom. The van der Waals surface area contributed by atoms with Crippen molar-refractivity contribution in [3.63, 3.8) is 0 Å². The fourth-order valence-electron chi connectivity index (χ4n) is 3.75. The molecule has 29 heavy (non-hydrogen) atoms. The average molecular weight is 387 g/mol. The lowest BCUT2D eigenvalue weighted by atomic mass is 9.76. The lowest BCUT2D eigenvalue weighted by molar-refractivity contribution is -0.134. The Balaban J connectivity index is 1.45. The standard InChI is InChI=1S/C25H25NO3/c27-14-13-26(17-19-7-3-1-4-8-19)25(28)24-15-21-11-12-22(16-23(21)24)29-18-20-9-5-2-6-10-20/h1-12,16,24,27H,13-15,17-18H2. The Bertz CT molecular complexity index is 956. The Hall–Kier alpha value is -3.11. The molecule has 4 heteroatoms. The van der Waals surface area contributed by atoms with E-state index in [1.165, 1.54) is 5.56 Å². The highest BCUT2D eigenvalue weighted by Gasteiger charge is 2.35. The molecule has 4 nitrogen and oxygen atoms in total. The number of amides is 1. The van der Waals surface area contributed by atoms with Gasteiger partial charge in [0.2, 0.25) is 5.91 Å². The van der Waals surface area contributed by atoms with Crippen LogP contribution in [0.4, 0.5) is 0 Å². The first-order valence-electron chi connectivity index (χ1n) is 9.97. The maximum Gasteiger partial charge on any atom is 0.230 e. The first kappa shape index (κ1) is 19.2. The molecule has 0 heterocycles. The average Bonchev–Trinajstić information content (AvgIpc) is 2.75. The first-order chi connectivity index (χ1) is 14.2. The van der Waals surface area contributed by atoms with E-state index < -0.39 is 0 Å². The van der Waals surface area contributed by atoms with E-state index in [4.69, 9.17) is 4.74 Å². The maximum atomic E-state index is 13.1. The molecule has 0 radical (unpaired) electrons. The number of hydrogen-bond acceptors (Lipinski definition) is 3. The molecule has 1 aliphatic carbocycles. The summed E-state index contributed by atoms with van der Waals surface area (Å²) in [5.41, 5.74) is 4.41. The van der Waals surface area contributed by atoms with Crippen LogP contribution < -0.4 is 4.74 Å². The van der Waals surface area contributed by atoms with E-state index in [2.05, 4.69) is 0 Å². The number of aliphatic hydroxyl groups excluding tert-OH is 1. The highest BCUT2D eigenvalue weighted by molar-refractivity contribution is 5.87. The Morgan fingerprint density at radius 1 is 0.966 bits per heavy atom. The number of aliphatic hydroxyl groups is 1. The third-order valence-corrected chi connectivity index (χ3v) is 5.36. The van der Waals surface area contributed by atoms with Gasteiger partial charge in [-0.15, -0.1) is 0 Å². The third-order valence-electron chi connectivity index (χ3n) is 5.36. The van der Waals surface area contributed by atoms with Gasteiger partial charge < -0.3 is 14.7 Å². The van der Waals surface area contributed by atoms with Crippen LogP contribution in [-0.4, -0.2) is 29.1 Å². The summed E-state index contributed by atoms with van der Waals surface area (Å²) in [5, 5.41) is 9.44. The minimum absolute atomic E-state index is 0.0433. The van der Waals surface area contributed by atoms with Gasteiger partial charge in [-0.05, 0) is 40.8 Å². The van der Waals surface area contributed by atoms with Crippen molar-refractivity contribution < 1.29 is 14.6 Å². The van der Waals surface area contributed by atoms with Crippen LogP contribution in [0.5, 0.6) is 5.75 Å². The first-order valence-corrected chi connectivity index (χ1v) is 9.97. The molecule has 1 atom stereocenters. The number of fused-ring (bicyclic) bond motifs is 1. The molecule has 0 fully saturated rings. The van der Waals surface area contributed by atoms with Crippen molar-refractivity contribution in [2.45, 2.75) is 25.5 Å². The molecular formula is C25H25NO3. The number of rotatable bonds is 8. The van der Waals surface area contributed by atoms with Gasteiger partial charge in [-0.2, -0.15) is 0 Å². The van der Waals surface area contributed by atoms with Gasteiger partial charge in [0.1, 0.15) is 12.4 Å². The quantitative estimate of drug-likeness (QED) is 0.637. The molecular weight excluding hydrogens is 362 g/mol. The van der Waals surface area contributed by atoms with Gasteiger partial charge in [0.15, 0.2) is 0 Å². The maximum absolute atomic E-state index is 13.1. The largest absolute Gasteiger partial charge is 0.489 e. The minimum atomic E-state index is -0.166. The molecule has 148 valence electrons. The van der Waals surface area contributed by atoms with Crippen LogP contribution in [0.25, 0.3) is 0 Å². The molecule has 1 N–H and O–H groups in total. The molecule has 0 saturated heterocycles. The summed E-state index contributed by atoms with van der Waals surface area (Å²) in [6, 6.07) is 25.9. The van der Waals surface area contributed by atoms with Crippen molar-refractivity contribution in [1.29, 1.82) is 0 Å². The monoisotopic (exact) mass is 387 g/mol. The van der Waals surface area contributed by atoms with Crippen LogP contribution in [0, 0.1) is 0 Å². The van der Waals surface area contributed by atoms with Gasteiger partial charge in [-0.1, -0.05) is 66.7 Å². The van der Waals surface area contributed by atoms with Gasteiger partial charge >= 0.3 is 0 Å². The highest BCUT2D eigenvalue weighted by Crippen LogP contribution is 2.39. The van der Waals surface area contributed by atoms with Crippen molar-refractivity contribution in [1.82, 2.24) is 4.90 Å². The number of carbonyl (C=O) groups excluding carboxylic acids is 1. The summed E-state index contributed by atoms with van der Waals surface area (Å²) in [7, 11) is 0. The van der Waals surface area contributed by atoms with Gasteiger partial charge in [0.25, 0.3) is 0 Å². The van der Waals surface area contributed by atoms with E-state index in [-0.39, 0.29) is 18.4 Å². The molecule has 0 bridgehead atoms. The zero-order valence-electron chi connectivity index (χ0n) is 16.3. The molecule has 0 aliphatic heterocycles. The lowest BCUT2D eigenvalue weighted by Crippen LogP contribution is -2.40. The van der Waals surface area contributed by atoms with Gasteiger partial charge in [0, 0.05) is 13.1 Å². The van der Waals surface area contributed by atoms with Crippen LogP contribution in [0.15, 0.2) is 78.9 Å². The van der Waals surface area contributed by atoms with Crippen molar-refractivity contribution in [3.8, 4) is 5.75 Å². The fraction of sp³-hybridized carbons (Fsp3) is 0.240. The third kappa shape index (κ3) is 4.49. The molecule has 0 spiro atoms. The number of nitrogens with zero attached hydrogens (tertiary/aromatic N) is 1. The summed E-state index contributed by atoms with van der Waals surface area (Å²) < 4.78 is 5.93.